The van der Waals surface area contributed by atoms with Crippen molar-refractivity contribution in [3.63, 3.8) is 0 Å². The topological polar surface area (TPSA) is 137 Å². The van der Waals surface area contributed by atoms with E-state index < -0.39 is 54.5 Å². The van der Waals surface area contributed by atoms with Crippen LogP contribution in [0.2, 0.25) is 0 Å². The molecule has 12 nitrogen and oxygen atoms in total. The molecule has 0 radical (unpaired) electrons. The lowest BCUT2D eigenvalue weighted by Crippen LogP contribution is -3.00. The summed E-state index contributed by atoms with van der Waals surface area (Å²) in [6.07, 6.45) is 8.37. The Labute approximate surface area is 550 Å². The van der Waals surface area contributed by atoms with Crippen LogP contribution in [0, 0.1) is 10.8 Å². The molecule has 3 fully saturated rings. The highest BCUT2D eigenvalue weighted by atomic mass is 35.5. The molecule has 0 spiro atoms. The Morgan fingerprint density at radius 3 is 1.19 bits per heavy atom. The standard InChI is InChI=1S/C40H56N3O4S.C34H44ClNO4S.ClH/c1-5-7-19-40(20-8-6-2)30-48(45,46)37-18-15-34(41(3)4)27-36(37)38(39(40)44)33-13-16-35(17-14-33)47-29-32-11-9-31(10-12-32)28-43-24-21-42(22-25-43)23-26-43;1-5-7-19-34(20-8-6-2)24-41(38,39)31-18-15-28(36(3)4)21-30(31)32(33(34)37)27-13-16-29(17-14-27)40-23-26-11-9-25(22-35)10-12-26;/h9-18,27,38-39,44H,5-8,19-26,28-30H2,1-4H3;9-18,21,32-33,37H,5-8,19-20,22-24H2,1-4H3;1H/q+1;;/p-1/t38-,39-;32-,33-;/m11./s1. The van der Waals surface area contributed by atoms with E-state index in [-0.39, 0.29) is 23.9 Å². The number of aliphatic hydroxyl groups is 2. The molecule has 2 N–H and O–H groups in total. The lowest BCUT2D eigenvalue weighted by atomic mass is 9.68. The van der Waals surface area contributed by atoms with Crippen molar-refractivity contribution in [2.45, 2.75) is 164 Å². The van der Waals surface area contributed by atoms with Gasteiger partial charge in [-0.2, -0.15) is 0 Å². The number of alkyl halides is 1. The van der Waals surface area contributed by atoms with Crippen LogP contribution in [0.5, 0.6) is 11.5 Å². The van der Waals surface area contributed by atoms with E-state index in [0.29, 0.717) is 65.7 Å². The van der Waals surface area contributed by atoms with E-state index in [0.717, 1.165) is 109 Å². The number of halogens is 2. The van der Waals surface area contributed by atoms with Crippen LogP contribution in [0.3, 0.4) is 0 Å². The first-order valence-electron chi connectivity index (χ1n) is 32.9. The molecule has 6 aromatic carbocycles. The number of ether oxygens (including phenoxy) is 2. The summed E-state index contributed by atoms with van der Waals surface area (Å²) in [5, 5.41) is 24.8. The summed E-state index contributed by atoms with van der Waals surface area (Å²) < 4.78 is 69.8. The number of piperazine rings is 3. The largest absolute Gasteiger partial charge is 1.00 e. The number of unbranched alkanes of at least 4 members (excludes halogenated alkanes) is 4. The van der Waals surface area contributed by atoms with Crippen LogP contribution in [-0.4, -0.2) is 128 Å². The quantitative estimate of drug-likeness (QED) is 0.0419. The maximum Gasteiger partial charge on any atom is 0.179 e. The number of fused-ring (bicyclic) bond motifs is 5. The molecular weight excluding hydrogens is 1210 g/mol. The Bertz CT molecular complexity index is 3460. The molecule has 0 amide bonds. The molecule has 11 rings (SSSR count). The maximum atomic E-state index is 14.1. The monoisotopic (exact) mass is 1310 g/mol. The second-order valence-corrected chi connectivity index (χ2v) is 30.9. The highest BCUT2D eigenvalue weighted by molar-refractivity contribution is 7.91. The molecule has 490 valence electrons. The van der Waals surface area contributed by atoms with Crippen LogP contribution in [0.1, 0.15) is 161 Å². The molecule has 4 atom stereocenters. The zero-order valence-corrected chi connectivity index (χ0v) is 57.8. The highest BCUT2D eigenvalue weighted by Gasteiger charge is 2.51. The van der Waals surface area contributed by atoms with Crippen LogP contribution >= 0.6 is 11.6 Å². The van der Waals surface area contributed by atoms with Gasteiger partial charge in [-0.05, 0) is 125 Å². The van der Waals surface area contributed by atoms with Gasteiger partial charge in [0, 0.05) is 93.3 Å². The summed E-state index contributed by atoms with van der Waals surface area (Å²) in [6.45, 7) is 18.0. The third-order valence-corrected chi connectivity index (χ3v) is 24.3. The van der Waals surface area contributed by atoms with Gasteiger partial charge in [-0.3, -0.25) is 4.90 Å². The van der Waals surface area contributed by atoms with Crippen molar-refractivity contribution in [3.05, 3.63) is 178 Å². The highest BCUT2D eigenvalue weighted by Crippen LogP contribution is 2.52. The first kappa shape index (κ1) is 70.7. The van der Waals surface area contributed by atoms with Gasteiger partial charge in [0.25, 0.3) is 0 Å². The fourth-order valence-corrected chi connectivity index (χ4v) is 19.0. The van der Waals surface area contributed by atoms with E-state index in [2.05, 4.69) is 56.9 Å². The number of hydrogen-bond donors (Lipinski definition) is 2. The Kier molecular flexibility index (Phi) is 24.5. The Morgan fingerprint density at radius 2 is 0.856 bits per heavy atom. The summed E-state index contributed by atoms with van der Waals surface area (Å²) in [7, 11) is 0.553. The summed E-state index contributed by atoms with van der Waals surface area (Å²) >= 11 is 5.91. The second kappa shape index (κ2) is 31.2. The smallest absolute Gasteiger partial charge is 0.179 e. The van der Waals surface area contributed by atoms with Gasteiger partial charge in [-0.15, -0.1) is 11.6 Å². The molecule has 5 heterocycles. The Morgan fingerprint density at radius 1 is 0.511 bits per heavy atom. The van der Waals surface area contributed by atoms with Gasteiger partial charge in [0.05, 0.1) is 53.1 Å². The lowest BCUT2D eigenvalue weighted by molar-refractivity contribution is -0.953. The number of hydrogen-bond acceptors (Lipinski definition) is 11. The summed E-state index contributed by atoms with van der Waals surface area (Å²) in [5.41, 5.74) is 8.20. The third-order valence-electron chi connectivity index (χ3n) is 20.0. The minimum atomic E-state index is -3.63. The van der Waals surface area contributed by atoms with E-state index >= 15 is 0 Å². The molecule has 16 heteroatoms. The van der Waals surface area contributed by atoms with Crippen LogP contribution in [0.4, 0.5) is 11.4 Å². The number of rotatable bonds is 25. The van der Waals surface area contributed by atoms with E-state index in [4.69, 9.17) is 21.1 Å². The normalized spacial score (nSPS) is 22.5. The predicted molar refractivity (Wildman–Crippen MR) is 363 cm³/mol. The van der Waals surface area contributed by atoms with Gasteiger partial charge >= 0.3 is 0 Å². The number of anilines is 2. The third kappa shape index (κ3) is 16.4. The van der Waals surface area contributed by atoms with E-state index in [1.807, 2.05) is 135 Å². The minimum absolute atomic E-state index is 0. The molecular formula is C74H100Cl2N4O8S2. The van der Waals surface area contributed by atoms with Crippen molar-refractivity contribution in [1.82, 2.24) is 4.90 Å². The molecule has 6 aromatic rings. The Balaban J connectivity index is 0.000000233. The fraction of sp³-hybridized carbons (Fsp3) is 0.514. The molecule has 0 saturated carbocycles. The van der Waals surface area contributed by atoms with Gasteiger partial charge in [-0.25, -0.2) is 16.8 Å². The Hall–Kier alpha value is -5.16. The van der Waals surface area contributed by atoms with Crippen LogP contribution in [0.25, 0.3) is 0 Å². The lowest BCUT2D eigenvalue weighted by Gasteiger charge is -2.50. The zero-order valence-electron chi connectivity index (χ0n) is 54.7. The van der Waals surface area contributed by atoms with Crippen LogP contribution in [0.15, 0.2) is 143 Å². The number of benzene rings is 6. The van der Waals surface area contributed by atoms with Crippen molar-refractivity contribution in [1.29, 1.82) is 0 Å². The van der Waals surface area contributed by atoms with Crippen molar-refractivity contribution >= 4 is 42.7 Å². The van der Waals surface area contributed by atoms with Crippen LogP contribution in [-0.2, 0) is 45.3 Å². The number of sulfone groups is 2. The minimum Gasteiger partial charge on any atom is -1.00 e. The SMILES string of the molecule is CCCCC1(CCCC)CS(=O)(=O)c2ccc(N(C)C)cc2[C@@H](c2ccc(OCc3ccc(CCl)cc3)cc2)[C@H]1O.CCCCC1(CCCC)CS(=O)(=O)c2ccc(N(C)C)cc2[C@@H](c2ccc(OCc3ccc(C[N+]45CCN(CC4)CC5)cc3)cc2)[C@H]1O.[Cl-]. The first-order chi connectivity index (χ1) is 42.7. The van der Waals surface area contributed by atoms with Gasteiger partial charge in [0.15, 0.2) is 19.7 Å². The van der Waals surface area contributed by atoms with Gasteiger partial charge in [0.1, 0.15) is 31.3 Å². The van der Waals surface area contributed by atoms with E-state index in [9.17, 15) is 27.0 Å². The molecule has 0 aromatic heterocycles. The van der Waals surface area contributed by atoms with Gasteiger partial charge in [-0.1, -0.05) is 152 Å². The van der Waals surface area contributed by atoms with Crippen molar-refractivity contribution in [3.8, 4) is 11.5 Å². The molecule has 5 aliphatic rings. The average Bonchev–Trinajstić information content (AvgIpc) is 1.59. The zero-order chi connectivity index (χ0) is 63.6. The molecule has 0 aliphatic carbocycles. The first-order valence-corrected chi connectivity index (χ1v) is 36.7. The average molecular weight is 1310 g/mol. The van der Waals surface area contributed by atoms with Crippen LogP contribution < -0.4 is 31.7 Å². The molecule has 3 saturated heterocycles. The summed E-state index contributed by atoms with van der Waals surface area (Å²) in [6, 6.07) is 43.9. The van der Waals surface area contributed by atoms with Gasteiger partial charge < -0.3 is 46.4 Å². The molecule has 2 bridgehead atoms. The predicted octanol–water partition coefficient (Wildman–Crippen LogP) is 11.3. The molecule has 90 heavy (non-hydrogen) atoms. The van der Waals surface area contributed by atoms with Crippen molar-refractivity contribution in [2.75, 3.05) is 88.8 Å². The van der Waals surface area contributed by atoms with Crippen molar-refractivity contribution in [2.24, 2.45) is 10.8 Å². The van der Waals surface area contributed by atoms with Crippen molar-refractivity contribution < 1.29 is 53.4 Å². The van der Waals surface area contributed by atoms with Gasteiger partial charge in [0.2, 0.25) is 0 Å². The number of nitrogens with zero attached hydrogens (tertiary/aromatic N) is 4. The number of aliphatic hydroxyl groups excluding tert-OH is 2. The maximum absolute atomic E-state index is 14.1. The second-order valence-electron chi connectivity index (χ2n) is 26.7. The molecule has 0 unspecified atom stereocenters. The molecule has 5 aliphatic heterocycles. The summed E-state index contributed by atoms with van der Waals surface area (Å²) in [5.74, 6) is 0.953. The summed E-state index contributed by atoms with van der Waals surface area (Å²) in [4.78, 5) is 7.23. The number of quaternary nitrogens is 1. The van der Waals surface area contributed by atoms with E-state index in [1.165, 1.54) is 49.3 Å². The van der Waals surface area contributed by atoms with E-state index in [1.54, 1.807) is 12.1 Å². The fourth-order valence-electron chi connectivity index (χ4n) is 14.5.